The van der Waals surface area contributed by atoms with Crippen LogP contribution in [-0.2, 0) is 12.8 Å². The number of aliphatic hydroxyl groups is 1. The summed E-state index contributed by atoms with van der Waals surface area (Å²) in [5.74, 6) is 0.176. The number of aromatic nitrogens is 1. The molecule has 98 valence electrons. The first-order chi connectivity index (χ1) is 9.24. The molecule has 1 heterocycles. The molecule has 0 fully saturated rings. The summed E-state index contributed by atoms with van der Waals surface area (Å²) in [5, 5.41) is 10.5. The van der Waals surface area contributed by atoms with Crippen LogP contribution < -0.4 is 0 Å². The molecular weight excluding hydrogens is 302 g/mol. The zero-order valence-electron chi connectivity index (χ0n) is 10.6. The van der Waals surface area contributed by atoms with Crippen molar-refractivity contribution < 1.29 is 5.11 Å². The van der Waals surface area contributed by atoms with Gasteiger partial charge in [0.25, 0.3) is 0 Å². The largest absolute Gasteiger partial charge is 0.392 e. The Bertz CT molecular complexity index is 584. The second kappa shape index (κ2) is 5.43. The van der Waals surface area contributed by atoms with Crippen LogP contribution in [0.1, 0.15) is 29.2 Å². The molecule has 19 heavy (non-hydrogen) atoms. The van der Waals surface area contributed by atoms with Crippen molar-refractivity contribution in [1.29, 1.82) is 0 Å². The number of nitrogens with zero attached hydrogens (tertiary/aromatic N) is 1. The van der Waals surface area contributed by atoms with Gasteiger partial charge in [-0.05, 0) is 48.6 Å². The summed E-state index contributed by atoms with van der Waals surface area (Å²) < 4.78 is 1.06. The van der Waals surface area contributed by atoms with Gasteiger partial charge in [0.05, 0.1) is 6.10 Å². The van der Waals surface area contributed by atoms with E-state index < -0.39 is 0 Å². The number of aryl methyl sites for hydroxylation is 1. The van der Waals surface area contributed by atoms with Crippen LogP contribution in [0.25, 0.3) is 0 Å². The molecule has 0 saturated carbocycles. The number of rotatable bonds is 3. The highest BCUT2D eigenvalue weighted by molar-refractivity contribution is 9.10. The minimum Gasteiger partial charge on any atom is -0.392 e. The third kappa shape index (κ3) is 2.72. The predicted molar refractivity (Wildman–Crippen MR) is 79.2 cm³/mol. The van der Waals surface area contributed by atoms with E-state index in [1.165, 1.54) is 5.56 Å². The Morgan fingerprint density at radius 3 is 3.05 bits per heavy atom. The lowest BCUT2D eigenvalue weighted by atomic mass is 9.94. The number of halogens is 1. The third-order valence-electron chi connectivity index (χ3n) is 3.80. The fourth-order valence-corrected chi connectivity index (χ4v) is 3.31. The smallest absolute Gasteiger partial charge is 0.0664 e. The number of benzene rings is 1. The van der Waals surface area contributed by atoms with Gasteiger partial charge in [-0.25, -0.2) is 0 Å². The summed E-state index contributed by atoms with van der Waals surface area (Å²) in [6, 6.07) is 12.2. The predicted octanol–water partition coefficient (Wildman–Crippen LogP) is 3.48. The molecule has 0 bridgehead atoms. The summed E-state index contributed by atoms with van der Waals surface area (Å²) in [5.41, 5.74) is 3.54. The molecule has 2 atom stereocenters. The zero-order valence-corrected chi connectivity index (χ0v) is 12.2. The van der Waals surface area contributed by atoms with Crippen LogP contribution in [0.2, 0.25) is 0 Å². The zero-order chi connectivity index (χ0) is 13.2. The van der Waals surface area contributed by atoms with Gasteiger partial charge in [-0.3, -0.25) is 4.98 Å². The molecule has 0 aliphatic heterocycles. The maximum atomic E-state index is 10.5. The van der Waals surface area contributed by atoms with Crippen LogP contribution in [0.4, 0.5) is 0 Å². The van der Waals surface area contributed by atoms with Gasteiger partial charge in [0.2, 0.25) is 0 Å². The average molecular weight is 318 g/mol. The molecule has 0 amide bonds. The van der Waals surface area contributed by atoms with Crippen molar-refractivity contribution in [3.63, 3.8) is 0 Å². The highest BCUT2D eigenvalue weighted by atomic mass is 79.9. The topological polar surface area (TPSA) is 33.1 Å². The molecule has 1 aromatic heterocycles. The fraction of sp³-hybridized carbons (Fsp3) is 0.312. The van der Waals surface area contributed by atoms with E-state index in [1.807, 2.05) is 24.4 Å². The van der Waals surface area contributed by atoms with Crippen LogP contribution in [0.3, 0.4) is 0 Å². The summed E-state index contributed by atoms with van der Waals surface area (Å²) in [4.78, 5) is 4.45. The van der Waals surface area contributed by atoms with Crippen molar-refractivity contribution in [3.8, 4) is 0 Å². The first-order valence-electron chi connectivity index (χ1n) is 6.60. The molecular formula is C16H16BrNO. The quantitative estimate of drug-likeness (QED) is 0.940. The molecule has 2 aromatic rings. The van der Waals surface area contributed by atoms with Crippen LogP contribution in [-0.4, -0.2) is 16.2 Å². The Kier molecular flexibility index (Phi) is 3.67. The Morgan fingerprint density at radius 1 is 1.32 bits per heavy atom. The van der Waals surface area contributed by atoms with E-state index in [1.54, 1.807) is 0 Å². The van der Waals surface area contributed by atoms with Crippen molar-refractivity contribution >= 4 is 15.9 Å². The standard InChI is InChI=1S/C16H16BrNO/c17-13-5-1-3-11(9-13)10-15(19)14-7-6-12-4-2-8-18-16(12)14/h1-5,8-9,14-15,19H,6-7,10H2. The van der Waals surface area contributed by atoms with E-state index in [-0.39, 0.29) is 12.0 Å². The molecule has 1 aliphatic rings. The number of aliphatic hydroxyl groups excluding tert-OH is 1. The van der Waals surface area contributed by atoms with E-state index >= 15 is 0 Å². The molecule has 3 heteroatoms. The Balaban J connectivity index is 1.77. The summed E-state index contributed by atoms with van der Waals surface area (Å²) in [6.07, 6.45) is 4.18. The van der Waals surface area contributed by atoms with E-state index in [0.29, 0.717) is 6.42 Å². The Labute approximate surface area is 121 Å². The van der Waals surface area contributed by atoms with Crippen molar-refractivity contribution in [2.24, 2.45) is 0 Å². The van der Waals surface area contributed by atoms with E-state index in [4.69, 9.17) is 0 Å². The second-order valence-electron chi connectivity index (χ2n) is 5.09. The fourth-order valence-electron chi connectivity index (χ4n) is 2.87. The molecule has 0 spiro atoms. The number of hydrogen-bond donors (Lipinski definition) is 1. The number of hydrogen-bond acceptors (Lipinski definition) is 2. The maximum Gasteiger partial charge on any atom is 0.0664 e. The molecule has 2 nitrogen and oxygen atoms in total. The highest BCUT2D eigenvalue weighted by Gasteiger charge is 2.29. The molecule has 1 N–H and O–H groups in total. The normalized spacial score (nSPS) is 19.2. The highest BCUT2D eigenvalue weighted by Crippen LogP contribution is 2.34. The van der Waals surface area contributed by atoms with E-state index in [2.05, 4.69) is 39.1 Å². The van der Waals surface area contributed by atoms with Crippen molar-refractivity contribution in [2.45, 2.75) is 31.3 Å². The third-order valence-corrected chi connectivity index (χ3v) is 4.29. The Hall–Kier alpha value is -1.19. The molecule has 1 aromatic carbocycles. The summed E-state index contributed by atoms with van der Waals surface area (Å²) in [7, 11) is 0. The summed E-state index contributed by atoms with van der Waals surface area (Å²) >= 11 is 3.47. The van der Waals surface area contributed by atoms with E-state index in [9.17, 15) is 5.11 Å². The molecule has 2 unspecified atom stereocenters. The number of fused-ring (bicyclic) bond motifs is 1. The van der Waals surface area contributed by atoms with Crippen LogP contribution in [0.5, 0.6) is 0 Å². The van der Waals surface area contributed by atoms with Crippen LogP contribution >= 0.6 is 15.9 Å². The van der Waals surface area contributed by atoms with E-state index in [0.717, 1.165) is 28.6 Å². The maximum absolute atomic E-state index is 10.5. The van der Waals surface area contributed by atoms with Gasteiger partial charge in [0.1, 0.15) is 0 Å². The Morgan fingerprint density at radius 2 is 2.21 bits per heavy atom. The van der Waals surface area contributed by atoms with Crippen molar-refractivity contribution in [3.05, 3.63) is 63.9 Å². The van der Waals surface area contributed by atoms with Gasteiger partial charge < -0.3 is 5.11 Å². The van der Waals surface area contributed by atoms with Crippen LogP contribution in [0, 0.1) is 0 Å². The lowest BCUT2D eigenvalue weighted by Crippen LogP contribution is -2.20. The SMILES string of the molecule is OC(Cc1cccc(Br)c1)C1CCc2cccnc21. The van der Waals surface area contributed by atoms with Gasteiger partial charge in [-0.1, -0.05) is 34.1 Å². The first-order valence-corrected chi connectivity index (χ1v) is 7.39. The van der Waals surface area contributed by atoms with Gasteiger partial charge in [0, 0.05) is 22.3 Å². The van der Waals surface area contributed by atoms with Crippen LogP contribution in [0.15, 0.2) is 47.1 Å². The monoisotopic (exact) mass is 317 g/mol. The average Bonchev–Trinajstić information content (AvgIpc) is 2.82. The minimum absolute atomic E-state index is 0.176. The van der Waals surface area contributed by atoms with Gasteiger partial charge in [-0.2, -0.15) is 0 Å². The second-order valence-corrected chi connectivity index (χ2v) is 6.01. The minimum atomic E-state index is -0.356. The molecule has 1 aliphatic carbocycles. The van der Waals surface area contributed by atoms with Crippen molar-refractivity contribution in [1.82, 2.24) is 4.98 Å². The van der Waals surface area contributed by atoms with Crippen molar-refractivity contribution in [2.75, 3.05) is 0 Å². The first kappa shape index (κ1) is 12.8. The summed E-state index contributed by atoms with van der Waals surface area (Å²) in [6.45, 7) is 0. The van der Waals surface area contributed by atoms with Gasteiger partial charge >= 0.3 is 0 Å². The molecule has 0 radical (unpaired) electrons. The lowest BCUT2D eigenvalue weighted by molar-refractivity contribution is 0.141. The number of pyridine rings is 1. The molecule has 0 saturated heterocycles. The lowest BCUT2D eigenvalue weighted by Gasteiger charge is -2.18. The molecule has 3 rings (SSSR count). The van der Waals surface area contributed by atoms with Gasteiger partial charge in [-0.15, -0.1) is 0 Å². The van der Waals surface area contributed by atoms with Gasteiger partial charge in [0.15, 0.2) is 0 Å².